The molecule has 0 bridgehead atoms. The lowest BCUT2D eigenvalue weighted by atomic mass is 10.3. The van der Waals surface area contributed by atoms with Crippen LogP contribution < -0.4 is 10.1 Å². The minimum absolute atomic E-state index is 0.0419. The van der Waals surface area contributed by atoms with Crippen molar-refractivity contribution in [3.05, 3.63) is 53.4 Å². The van der Waals surface area contributed by atoms with E-state index in [0.29, 0.717) is 11.3 Å². The number of rotatable bonds is 4. The lowest BCUT2D eigenvalue weighted by Gasteiger charge is -2.08. The van der Waals surface area contributed by atoms with E-state index in [1.54, 1.807) is 18.5 Å². The maximum atomic E-state index is 12.2. The van der Waals surface area contributed by atoms with E-state index in [2.05, 4.69) is 20.1 Å². The van der Waals surface area contributed by atoms with Gasteiger partial charge in [-0.15, -0.1) is 0 Å². The van der Waals surface area contributed by atoms with Crippen molar-refractivity contribution >= 4 is 28.8 Å². The lowest BCUT2D eigenvalue weighted by Crippen LogP contribution is -2.12. The van der Waals surface area contributed by atoms with Gasteiger partial charge in [0.15, 0.2) is 11.3 Å². The topological polar surface area (TPSA) is 68.5 Å². The minimum atomic E-state index is -2.97. The summed E-state index contributed by atoms with van der Waals surface area (Å²) in [6.07, 6.45) is 3.24. The molecule has 0 atom stereocenters. The molecule has 1 aromatic carbocycles. The zero-order valence-corrected chi connectivity index (χ0v) is 12.2. The molecule has 23 heavy (non-hydrogen) atoms. The third-order valence-corrected chi connectivity index (χ3v) is 3.17. The number of hydrogen-bond acceptors (Lipinski definition) is 4. The van der Waals surface area contributed by atoms with Crippen LogP contribution in [-0.4, -0.2) is 27.1 Å². The van der Waals surface area contributed by atoms with Crippen molar-refractivity contribution in [3.63, 3.8) is 0 Å². The Labute approximate surface area is 133 Å². The summed E-state index contributed by atoms with van der Waals surface area (Å²) in [6.45, 7) is -2.97. The number of anilines is 1. The summed E-state index contributed by atoms with van der Waals surface area (Å²) in [6, 6.07) is 7.16. The van der Waals surface area contributed by atoms with Gasteiger partial charge < -0.3 is 10.1 Å². The summed E-state index contributed by atoms with van der Waals surface area (Å²) >= 11 is 5.83. The molecule has 3 aromatic rings. The molecular weight excluding hydrogens is 330 g/mol. The van der Waals surface area contributed by atoms with E-state index in [1.807, 2.05) is 0 Å². The second kappa shape index (κ2) is 6.17. The van der Waals surface area contributed by atoms with E-state index in [1.165, 1.54) is 28.8 Å². The smallest absolute Gasteiger partial charge is 0.387 e. The van der Waals surface area contributed by atoms with Crippen LogP contribution >= 0.6 is 11.6 Å². The van der Waals surface area contributed by atoms with E-state index in [0.717, 1.165) is 0 Å². The molecule has 0 aliphatic carbocycles. The highest BCUT2D eigenvalue weighted by molar-refractivity contribution is 6.32. The van der Waals surface area contributed by atoms with Gasteiger partial charge >= 0.3 is 6.61 Å². The average Bonchev–Trinajstić information content (AvgIpc) is 2.94. The second-order valence-electron chi connectivity index (χ2n) is 4.43. The number of fused-ring (bicyclic) bond motifs is 1. The van der Waals surface area contributed by atoms with E-state index < -0.39 is 12.5 Å². The quantitative estimate of drug-likeness (QED) is 0.793. The van der Waals surface area contributed by atoms with Crippen LogP contribution in [0.15, 0.2) is 42.7 Å². The molecule has 0 spiro atoms. The first-order valence-electron chi connectivity index (χ1n) is 6.39. The van der Waals surface area contributed by atoms with Crippen LogP contribution in [0.3, 0.4) is 0 Å². The van der Waals surface area contributed by atoms with Crippen LogP contribution in [0.25, 0.3) is 5.65 Å². The molecule has 0 aliphatic heterocycles. The fourth-order valence-electron chi connectivity index (χ4n) is 1.91. The number of halogens is 3. The number of hydrogen-bond donors (Lipinski definition) is 1. The van der Waals surface area contributed by atoms with Crippen LogP contribution in [0, 0.1) is 0 Å². The number of nitrogens with zero attached hydrogens (tertiary/aromatic N) is 3. The number of aromatic nitrogens is 3. The molecule has 0 radical (unpaired) electrons. The predicted octanol–water partition coefficient (Wildman–Crippen LogP) is 3.24. The third kappa shape index (κ3) is 3.37. The van der Waals surface area contributed by atoms with Crippen molar-refractivity contribution in [2.75, 3.05) is 5.32 Å². The Morgan fingerprint density at radius 3 is 2.87 bits per heavy atom. The number of amides is 1. The van der Waals surface area contributed by atoms with Crippen molar-refractivity contribution in [1.29, 1.82) is 0 Å². The van der Waals surface area contributed by atoms with Crippen molar-refractivity contribution < 1.29 is 18.3 Å². The Hall–Kier alpha value is -2.74. The maximum Gasteiger partial charge on any atom is 0.387 e. The standard InChI is InChI=1S/C14H9ClF2N4O2/c15-9-6-8(2-3-11(9)23-14(16)17)19-13(22)10-7-12-18-4-1-5-21(12)20-10/h1-7,14H,(H,19,22). The van der Waals surface area contributed by atoms with Crippen molar-refractivity contribution in [1.82, 2.24) is 14.6 Å². The number of carbonyl (C=O) groups is 1. The number of ether oxygens (including phenoxy) is 1. The molecule has 118 valence electrons. The van der Waals surface area contributed by atoms with Gasteiger partial charge in [0.2, 0.25) is 0 Å². The monoisotopic (exact) mass is 338 g/mol. The van der Waals surface area contributed by atoms with Crippen molar-refractivity contribution in [3.8, 4) is 5.75 Å². The fourth-order valence-corrected chi connectivity index (χ4v) is 2.13. The lowest BCUT2D eigenvalue weighted by molar-refractivity contribution is -0.0497. The van der Waals surface area contributed by atoms with Gasteiger partial charge in [0.1, 0.15) is 5.75 Å². The molecule has 2 aromatic heterocycles. The maximum absolute atomic E-state index is 12.2. The summed E-state index contributed by atoms with van der Waals surface area (Å²) < 4.78 is 30.0. The SMILES string of the molecule is O=C(Nc1ccc(OC(F)F)c(Cl)c1)c1cc2ncccn2n1. The summed E-state index contributed by atoms with van der Waals surface area (Å²) in [7, 11) is 0. The molecule has 1 amide bonds. The molecule has 1 N–H and O–H groups in total. The molecule has 6 nitrogen and oxygen atoms in total. The van der Waals surface area contributed by atoms with Crippen LogP contribution in [0.5, 0.6) is 5.75 Å². The zero-order chi connectivity index (χ0) is 16.4. The van der Waals surface area contributed by atoms with Gasteiger partial charge in [-0.05, 0) is 24.3 Å². The molecule has 0 aliphatic rings. The zero-order valence-electron chi connectivity index (χ0n) is 11.4. The first-order valence-corrected chi connectivity index (χ1v) is 6.77. The Balaban J connectivity index is 1.78. The molecular formula is C14H9ClF2N4O2. The second-order valence-corrected chi connectivity index (χ2v) is 4.84. The van der Waals surface area contributed by atoms with Gasteiger partial charge in [-0.2, -0.15) is 13.9 Å². The Morgan fingerprint density at radius 2 is 2.17 bits per heavy atom. The molecule has 0 saturated carbocycles. The van der Waals surface area contributed by atoms with Gasteiger partial charge in [-0.25, -0.2) is 9.50 Å². The van der Waals surface area contributed by atoms with Gasteiger partial charge in [-0.1, -0.05) is 11.6 Å². The minimum Gasteiger partial charge on any atom is -0.433 e. The highest BCUT2D eigenvalue weighted by Gasteiger charge is 2.13. The predicted molar refractivity (Wildman–Crippen MR) is 79.0 cm³/mol. The summed E-state index contributed by atoms with van der Waals surface area (Å²) in [5.74, 6) is -0.648. The Bertz CT molecular complexity index is 836. The largest absolute Gasteiger partial charge is 0.433 e. The number of benzene rings is 1. The van der Waals surface area contributed by atoms with E-state index in [-0.39, 0.29) is 16.5 Å². The number of alkyl halides is 2. The average molecular weight is 339 g/mol. The van der Waals surface area contributed by atoms with Gasteiger partial charge in [0.05, 0.1) is 5.02 Å². The van der Waals surface area contributed by atoms with Crippen LogP contribution in [0.2, 0.25) is 5.02 Å². The highest BCUT2D eigenvalue weighted by atomic mass is 35.5. The molecule has 0 unspecified atom stereocenters. The van der Waals surface area contributed by atoms with Gasteiger partial charge in [0.25, 0.3) is 5.91 Å². The van der Waals surface area contributed by atoms with E-state index in [9.17, 15) is 13.6 Å². The molecule has 0 fully saturated rings. The Kier molecular flexibility index (Phi) is 4.07. The number of carbonyl (C=O) groups excluding carboxylic acids is 1. The summed E-state index contributed by atoms with van der Waals surface area (Å²) in [5, 5.41) is 6.60. The molecule has 3 rings (SSSR count). The fraction of sp³-hybridized carbons (Fsp3) is 0.0714. The number of nitrogens with one attached hydrogen (secondary N) is 1. The molecule has 2 heterocycles. The molecule has 9 heteroatoms. The van der Waals surface area contributed by atoms with Gasteiger partial charge in [-0.3, -0.25) is 4.79 Å². The van der Waals surface area contributed by atoms with Gasteiger partial charge in [0, 0.05) is 24.1 Å². The summed E-state index contributed by atoms with van der Waals surface area (Å²) in [4.78, 5) is 16.2. The normalized spacial score (nSPS) is 11.0. The van der Waals surface area contributed by atoms with E-state index >= 15 is 0 Å². The summed E-state index contributed by atoms with van der Waals surface area (Å²) in [5.41, 5.74) is 1.01. The van der Waals surface area contributed by atoms with Crippen molar-refractivity contribution in [2.24, 2.45) is 0 Å². The van der Waals surface area contributed by atoms with Crippen LogP contribution in [0.4, 0.5) is 14.5 Å². The van der Waals surface area contributed by atoms with Crippen LogP contribution in [0.1, 0.15) is 10.5 Å². The highest BCUT2D eigenvalue weighted by Crippen LogP contribution is 2.29. The Morgan fingerprint density at radius 1 is 1.35 bits per heavy atom. The molecule has 0 saturated heterocycles. The third-order valence-electron chi connectivity index (χ3n) is 2.87. The van der Waals surface area contributed by atoms with E-state index in [4.69, 9.17) is 11.6 Å². The first kappa shape index (κ1) is 15.2. The first-order chi connectivity index (χ1) is 11.0. The van der Waals surface area contributed by atoms with Crippen molar-refractivity contribution in [2.45, 2.75) is 6.61 Å². The van der Waals surface area contributed by atoms with Crippen LogP contribution in [-0.2, 0) is 0 Å².